The Hall–Kier alpha value is -2.59. The predicted molar refractivity (Wildman–Crippen MR) is 95.8 cm³/mol. The number of halogens is 1. The first-order valence-electron chi connectivity index (χ1n) is 7.46. The SMILES string of the molecule is Cc1cccc(NC(=O)[C@H](C)OC(=O)/C=C/c2cccc(Cl)c2)c1. The molecule has 24 heavy (non-hydrogen) atoms. The molecule has 0 radical (unpaired) electrons. The van der Waals surface area contributed by atoms with Crippen LogP contribution in [0.25, 0.3) is 6.08 Å². The van der Waals surface area contributed by atoms with Crippen LogP contribution < -0.4 is 5.32 Å². The molecule has 0 spiro atoms. The van der Waals surface area contributed by atoms with Crippen LogP contribution in [0.3, 0.4) is 0 Å². The molecular formula is C19H18ClNO3. The number of hydrogen-bond donors (Lipinski definition) is 1. The zero-order valence-corrected chi connectivity index (χ0v) is 14.2. The fraction of sp³-hybridized carbons (Fsp3) is 0.158. The first-order valence-corrected chi connectivity index (χ1v) is 7.83. The van der Waals surface area contributed by atoms with E-state index in [1.807, 2.05) is 31.2 Å². The molecule has 0 aliphatic heterocycles. The van der Waals surface area contributed by atoms with Gasteiger partial charge in [0.25, 0.3) is 5.91 Å². The van der Waals surface area contributed by atoms with E-state index in [-0.39, 0.29) is 5.91 Å². The second-order valence-corrected chi connectivity index (χ2v) is 5.76. The third kappa shape index (κ3) is 5.56. The third-order valence-electron chi connectivity index (χ3n) is 3.21. The first kappa shape index (κ1) is 17.8. The fourth-order valence-electron chi connectivity index (χ4n) is 2.01. The lowest BCUT2D eigenvalue weighted by Gasteiger charge is -2.12. The highest BCUT2D eigenvalue weighted by Gasteiger charge is 2.16. The molecule has 0 aliphatic carbocycles. The fourth-order valence-corrected chi connectivity index (χ4v) is 2.21. The number of esters is 1. The van der Waals surface area contributed by atoms with Crippen LogP contribution in [0.1, 0.15) is 18.1 Å². The van der Waals surface area contributed by atoms with E-state index in [1.165, 1.54) is 13.0 Å². The molecule has 0 saturated carbocycles. The van der Waals surface area contributed by atoms with Crippen LogP contribution in [0.4, 0.5) is 5.69 Å². The maximum Gasteiger partial charge on any atom is 0.331 e. The summed E-state index contributed by atoms with van der Waals surface area (Å²) >= 11 is 5.87. The molecule has 2 aromatic carbocycles. The van der Waals surface area contributed by atoms with Crippen molar-refractivity contribution in [3.63, 3.8) is 0 Å². The van der Waals surface area contributed by atoms with Gasteiger partial charge in [-0.15, -0.1) is 0 Å². The lowest BCUT2D eigenvalue weighted by Crippen LogP contribution is -2.29. The van der Waals surface area contributed by atoms with Crippen molar-refractivity contribution < 1.29 is 14.3 Å². The van der Waals surface area contributed by atoms with Crippen molar-refractivity contribution in [2.75, 3.05) is 5.32 Å². The highest BCUT2D eigenvalue weighted by Crippen LogP contribution is 2.12. The molecular weight excluding hydrogens is 326 g/mol. The molecule has 0 saturated heterocycles. The van der Waals surface area contributed by atoms with Gasteiger partial charge in [-0.2, -0.15) is 0 Å². The smallest absolute Gasteiger partial charge is 0.331 e. The molecule has 1 amide bonds. The third-order valence-corrected chi connectivity index (χ3v) is 3.44. The summed E-state index contributed by atoms with van der Waals surface area (Å²) in [5.74, 6) is -0.980. The average Bonchev–Trinajstić information content (AvgIpc) is 2.53. The van der Waals surface area contributed by atoms with Gasteiger partial charge < -0.3 is 10.1 Å². The van der Waals surface area contributed by atoms with Crippen LogP contribution in [0.2, 0.25) is 5.02 Å². The van der Waals surface area contributed by atoms with Gasteiger partial charge in [-0.05, 0) is 55.3 Å². The Morgan fingerprint density at radius 1 is 1.17 bits per heavy atom. The zero-order chi connectivity index (χ0) is 17.5. The number of aryl methyl sites for hydroxylation is 1. The number of rotatable bonds is 5. The van der Waals surface area contributed by atoms with Crippen LogP contribution in [0, 0.1) is 6.92 Å². The second-order valence-electron chi connectivity index (χ2n) is 5.33. The molecule has 1 atom stereocenters. The van der Waals surface area contributed by atoms with Gasteiger partial charge in [-0.1, -0.05) is 35.9 Å². The number of nitrogens with one attached hydrogen (secondary N) is 1. The maximum absolute atomic E-state index is 12.0. The van der Waals surface area contributed by atoms with E-state index in [2.05, 4.69) is 5.32 Å². The second kappa shape index (κ2) is 8.31. The number of carbonyl (C=O) groups is 2. The predicted octanol–water partition coefficient (Wildman–Crippen LogP) is 4.23. The molecule has 0 fully saturated rings. The zero-order valence-electron chi connectivity index (χ0n) is 13.5. The number of hydrogen-bond acceptors (Lipinski definition) is 3. The Bertz CT molecular complexity index is 771. The quantitative estimate of drug-likeness (QED) is 0.652. The van der Waals surface area contributed by atoms with Gasteiger partial charge in [0.2, 0.25) is 0 Å². The molecule has 0 aliphatic rings. The molecule has 4 nitrogen and oxygen atoms in total. The summed E-state index contributed by atoms with van der Waals surface area (Å²) < 4.78 is 5.10. The van der Waals surface area contributed by atoms with Crippen molar-refractivity contribution in [2.45, 2.75) is 20.0 Å². The summed E-state index contributed by atoms with van der Waals surface area (Å²) in [4.78, 5) is 23.8. The van der Waals surface area contributed by atoms with Crippen molar-refractivity contribution in [1.29, 1.82) is 0 Å². The van der Waals surface area contributed by atoms with Crippen LogP contribution in [-0.4, -0.2) is 18.0 Å². The standard InChI is InChI=1S/C19H18ClNO3/c1-13-5-3-8-17(11-13)21-19(23)14(2)24-18(22)10-9-15-6-4-7-16(20)12-15/h3-12,14H,1-2H3,(H,21,23)/b10-9+/t14-/m0/s1. The Morgan fingerprint density at radius 3 is 2.62 bits per heavy atom. The summed E-state index contributed by atoms with van der Waals surface area (Å²) in [5, 5.41) is 3.29. The van der Waals surface area contributed by atoms with E-state index in [4.69, 9.17) is 16.3 Å². The summed E-state index contributed by atoms with van der Waals surface area (Å²) in [5.41, 5.74) is 2.47. The van der Waals surface area contributed by atoms with E-state index < -0.39 is 12.1 Å². The lowest BCUT2D eigenvalue weighted by molar-refractivity contribution is -0.148. The van der Waals surface area contributed by atoms with Gasteiger partial charge >= 0.3 is 5.97 Å². The molecule has 1 N–H and O–H groups in total. The molecule has 2 aromatic rings. The van der Waals surface area contributed by atoms with E-state index in [0.29, 0.717) is 10.7 Å². The molecule has 5 heteroatoms. The van der Waals surface area contributed by atoms with E-state index in [0.717, 1.165) is 11.1 Å². The van der Waals surface area contributed by atoms with E-state index in [9.17, 15) is 9.59 Å². The Kier molecular flexibility index (Phi) is 6.15. The van der Waals surface area contributed by atoms with E-state index in [1.54, 1.807) is 30.3 Å². The van der Waals surface area contributed by atoms with Gasteiger partial charge in [0.05, 0.1) is 0 Å². The van der Waals surface area contributed by atoms with Gasteiger partial charge in [0, 0.05) is 16.8 Å². The number of carbonyl (C=O) groups excluding carboxylic acids is 2. The normalized spacial score (nSPS) is 12.0. The topological polar surface area (TPSA) is 55.4 Å². The molecule has 0 bridgehead atoms. The Balaban J connectivity index is 1.89. The number of anilines is 1. The average molecular weight is 344 g/mol. The van der Waals surface area contributed by atoms with Crippen LogP contribution in [-0.2, 0) is 14.3 Å². The van der Waals surface area contributed by atoms with Crippen LogP contribution in [0.15, 0.2) is 54.6 Å². The Labute approximate surface area is 146 Å². The minimum Gasteiger partial charge on any atom is -0.449 e. The largest absolute Gasteiger partial charge is 0.449 e. The molecule has 2 rings (SSSR count). The monoisotopic (exact) mass is 343 g/mol. The molecule has 124 valence electrons. The Morgan fingerprint density at radius 2 is 1.92 bits per heavy atom. The van der Waals surface area contributed by atoms with Gasteiger partial charge in [0.1, 0.15) is 0 Å². The van der Waals surface area contributed by atoms with Crippen molar-refractivity contribution in [1.82, 2.24) is 0 Å². The van der Waals surface area contributed by atoms with Crippen LogP contribution >= 0.6 is 11.6 Å². The summed E-state index contributed by atoms with van der Waals surface area (Å²) in [7, 11) is 0. The van der Waals surface area contributed by atoms with Crippen molar-refractivity contribution >= 4 is 35.2 Å². The summed E-state index contributed by atoms with van der Waals surface area (Å²) in [6.45, 7) is 3.45. The minimum absolute atomic E-state index is 0.384. The molecule has 0 aromatic heterocycles. The highest BCUT2D eigenvalue weighted by molar-refractivity contribution is 6.30. The van der Waals surface area contributed by atoms with E-state index >= 15 is 0 Å². The maximum atomic E-state index is 12.0. The molecule has 0 heterocycles. The highest BCUT2D eigenvalue weighted by atomic mass is 35.5. The molecule has 0 unspecified atom stereocenters. The van der Waals surface area contributed by atoms with Crippen LogP contribution in [0.5, 0.6) is 0 Å². The minimum atomic E-state index is -0.901. The van der Waals surface area contributed by atoms with Gasteiger partial charge in [0.15, 0.2) is 6.10 Å². The summed E-state index contributed by atoms with van der Waals surface area (Å²) in [6, 6.07) is 14.4. The number of ether oxygens (including phenoxy) is 1. The lowest BCUT2D eigenvalue weighted by atomic mass is 10.2. The van der Waals surface area contributed by atoms with Crippen molar-refractivity contribution in [2.24, 2.45) is 0 Å². The van der Waals surface area contributed by atoms with Gasteiger partial charge in [-0.25, -0.2) is 4.79 Å². The van der Waals surface area contributed by atoms with Gasteiger partial charge in [-0.3, -0.25) is 4.79 Å². The van der Waals surface area contributed by atoms with Crippen molar-refractivity contribution in [3.8, 4) is 0 Å². The number of benzene rings is 2. The van der Waals surface area contributed by atoms with Crippen molar-refractivity contribution in [3.05, 3.63) is 70.8 Å². The number of amides is 1. The summed E-state index contributed by atoms with van der Waals surface area (Å²) in [6.07, 6.45) is 1.95. The first-order chi connectivity index (χ1) is 11.4.